The summed E-state index contributed by atoms with van der Waals surface area (Å²) >= 11 is 0. The van der Waals surface area contributed by atoms with Crippen LogP contribution in [0.15, 0.2) is 0 Å². The first kappa shape index (κ1) is 28.0. The Balaban J connectivity index is 2.19. The second-order valence-electron chi connectivity index (χ2n) is 9.99. The van der Waals surface area contributed by atoms with Gasteiger partial charge in [-0.2, -0.15) is 0 Å². The smallest absolute Gasteiger partial charge is 0.383 e. The minimum Gasteiger partial charge on any atom is -0.383 e. The molecule has 2 saturated heterocycles. The molecule has 2 rings (SSSR count). The SMILES string of the molecule is CC(C)CC(O)C(=O)N1C(C(=O)NC(CC2CCNC2=O)C(=O)COC(F)(F)F)CCC1(C)C. The van der Waals surface area contributed by atoms with Gasteiger partial charge < -0.3 is 20.6 Å². The number of amides is 3. The first-order chi connectivity index (χ1) is 15.6. The molecule has 2 aliphatic heterocycles. The summed E-state index contributed by atoms with van der Waals surface area (Å²) < 4.78 is 41.0. The van der Waals surface area contributed by atoms with Crippen molar-refractivity contribution in [2.45, 2.75) is 89.9 Å². The van der Waals surface area contributed by atoms with Gasteiger partial charge in [0, 0.05) is 18.0 Å². The predicted octanol–water partition coefficient (Wildman–Crippen LogP) is 1.28. The van der Waals surface area contributed by atoms with E-state index in [1.54, 1.807) is 13.8 Å². The van der Waals surface area contributed by atoms with Crippen molar-refractivity contribution in [2.75, 3.05) is 13.2 Å². The van der Waals surface area contributed by atoms with Crippen molar-refractivity contribution in [3.8, 4) is 0 Å². The van der Waals surface area contributed by atoms with E-state index in [-0.39, 0.29) is 31.1 Å². The summed E-state index contributed by atoms with van der Waals surface area (Å²) in [6, 6.07) is -2.41. The van der Waals surface area contributed by atoms with E-state index < -0.39 is 60.2 Å². The third-order valence-electron chi connectivity index (χ3n) is 6.28. The van der Waals surface area contributed by atoms with Crippen LogP contribution in [-0.2, 0) is 23.9 Å². The molecule has 0 bridgehead atoms. The maximum Gasteiger partial charge on any atom is 0.522 e. The Morgan fingerprint density at radius 2 is 1.91 bits per heavy atom. The van der Waals surface area contributed by atoms with Crippen molar-refractivity contribution in [1.82, 2.24) is 15.5 Å². The third-order valence-corrected chi connectivity index (χ3v) is 6.28. The molecular weight excluding hydrogens is 459 g/mol. The first-order valence-electron chi connectivity index (χ1n) is 11.4. The van der Waals surface area contributed by atoms with E-state index in [0.717, 1.165) is 0 Å². The highest BCUT2D eigenvalue weighted by molar-refractivity contribution is 5.95. The van der Waals surface area contributed by atoms with Crippen LogP contribution in [0.25, 0.3) is 0 Å². The summed E-state index contributed by atoms with van der Waals surface area (Å²) in [4.78, 5) is 51.9. The van der Waals surface area contributed by atoms with Crippen LogP contribution in [0.5, 0.6) is 0 Å². The minimum atomic E-state index is -5.03. The van der Waals surface area contributed by atoms with Crippen molar-refractivity contribution >= 4 is 23.5 Å². The van der Waals surface area contributed by atoms with Gasteiger partial charge in [-0.15, -0.1) is 13.2 Å². The number of Topliss-reactive ketones (excluding diaryl/α,β-unsaturated/α-hetero) is 1. The van der Waals surface area contributed by atoms with Crippen molar-refractivity contribution in [3.63, 3.8) is 0 Å². The second kappa shape index (κ2) is 11.0. The quantitative estimate of drug-likeness (QED) is 0.421. The van der Waals surface area contributed by atoms with E-state index >= 15 is 0 Å². The lowest BCUT2D eigenvalue weighted by Crippen LogP contribution is -2.57. The third kappa shape index (κ3) is 7.39. The highest BCUT2D eigenvalue weighted by Gasteiger charge is 2.48. The van der Waals surface area contributed by atoms with Crippen molar-refractivity contribution in [3.05, 3.63) is 0 Å². The monoisotopic (exact) mass is 493 g/mol. The average molecular weight is 494 g/mol. The van der Waals surface area contributed by atoms with E-state index in [2.05, 4.69) is 15.4 Å². The van der Waals surface area contributed by atoms with Crippen LogP contribution in [0, 0.1) is 11.8 Å². The predicted molar refractivity (Wildman–Crippen MR) is 114 cm³/mol. The molecule has 2 heterocycles. The van der Waals surface area contributed by atoms with Gasteiger partial charge in [-0.05, 0) is 51.9 Å². The zero-order valence-electron chi connectivity index (χ0n) is 19.9. The summed E-state index contributed by atoms with van der Waals surface area (Å²) in [5, 5.41) is 15.4. The molecule has 2 fully saturated rings. The van der Waals surface area contributed by atoms with Gasteiger partial charge in [0.05, 0.1) is 6.04 Å². The molecule has 12 heteroatoms. The van der Waals surface area contributed by atoms with E-state index in [4.69, 9.17) is 0 Å². The molecule has 194 valence electrons. The summed E-state index contributed by atoms with van der Waals surface area (Å²) in [7, 11) is 0. The van der Waals surface area contributed by atoms with E-state index in [0.29, 0.717) is 19.4 Å². The first-order valence-corrected chi connectivity index (χ1v) is 11.4. The summed E-state index contributed by atoms with van der Waals surface area (Å²) in [6.07, 6.45) is -5.24. The molecule has 34 heavy (non-hydrogen) atoms. The minimum absolute atomic E-state index is 0.0325. The molecule has 3 amide bonds. The van der Waals surface area contributed by atoms with Gasteiger partial charge in [-0.1, -0.05) is 13.8 Å². The van der Waals surface area contributed by atoms with Crippen LogP contribution in [-0.4, -0.2) is 76.8 Å². The molecule has 0 aromatic heterocycles. The number of alkyl halides is 3. The Morgan fingerprint density at radius 1 is 1.26 bits per heavy atom. The van der Waals surface area contributed by atoms with Gasteiger partial charge in [0.1, 0.15) is 18.8 Å². The standard InChI is InChI=1S/C22H34F3N3O6/c1-12(2)9-16(29)20(33)28-15(5-7-21(28,3)4)19(32)27-14(10-13-6-8-26-18(13)31)17(30)11-34-22(23,24)25/h12-16,29H,5-11H2,1-4H3,(H,26,31)(H,27,32). The number of hydrogen-bond donors (Lipinski definition) is 3. The molecule has 0 spiro atoms. The Kier molecular flexibility index (Phi) is 9.09. The lowest BCUT2D eigenvalue weighted by molar-refractivity contribution is -0.321. The zero-order chi connectivity index (χ0) is 25.8. The highest BCUT2D eigenvalue weighted by Crippen LogP contribution is 2.35. The molecule has 4 atom stereocenters. The van der Waals surface area contributed by atoms with E-state index in [9.17, 15) is 37.5 Å². The lowest BCUT2D eigenvalue weighted by Gasteiger charge is -2.37. The van der Waals surface area contributed by atoms with Gasteiger partial charge in [0.15, 0.2) is 5.78 Å². The molecule has 0 saturated carbocycles. The number of likely N-dealkylation sites (tertiary alicyclic amines) is 1. The lowest BCUT2D eigenvalue weighted by atomic mass is 9.95. The van der Waals surface area contributed by atoms with Crippen LogP contribution in [0.2, 0.25) is 0 Å². The largest absolute Gasteiger partial charge is 0.522 e. The molecule has 4 unspecified atom stereocenters. The molecule has 0 aromatic rings. The molecule has 0 radical (unpaired) electrons. The number of ether oxygens (including phenoxy) is 1. The average Bonchev–Trinajstić information content (AvgIpc) is 3.25. The fraction of sp³-hybridized carbons (Fsp3) is 0.818. The van der Waals surface area contributed by atoms with Gasteiger partial charge >= 0.3 is 6.36 Å². The van der Waals surface area contributed by atoms with Crippen LogP contribution in [0.3, 0.4) is 0 Å². The van der Waals surface area contributed by atoms with Crippen LogP contribution in [0.1, 0.15) is 59.8 Å². The number of nitrogens with zero attached hydrogens (tertiary/aromatic N) is 1. The summed E-state index contributed by atoms with van der Waals surface area (Å²) in [5.41, 5.74) is -0.749. The molecular formula is C22H34F3N3O6. The highest BCUT2D eigenvalue weighted by atomic mass is 19.4. The summed E-state index contributed by atoms with van der Waals surface area (Å²) in [5.74, 6) is -3.33. The Labute approximate surface area is 196 Å². The summed E-state index contributed by atoms with van der Waals surface area (Å²) in [6.45, 7) is 6.24. The fourth-order valence-corrected chi connectivity index (χ4v) is 4.52. The van der Waals surface area contributed by atoms with E-state index in [1.165, 1.54) is 4.90 Å². The number of rotatable bonds is 10. The number of ketones is 1. The topological polar surface area (TPSA) is 125 Å². The van der Waals surface area contributed by atoms with E-state index in [1.807, 2.05) is 13.8 Å². The van der Waals surface area contributed by atoms with Crippen LogP contribution >= 0.6 is 0 Å². The number of carbonyl (C=O) groups excluding carboxylic acids is 4. The van der Waals surface area contributed by atoms with Gasteiger partial charge in [-0.3, -0.25) is 23.9 Å². The number of aliphatic hydroxyl groups excluding tert-OH is 1. The Hall–Kier alpha value is -2.21. The number of halogens is 3. The molecule has 0 aliphatic carbocycles. The van der Waals surface area contributed by atoms with Crippen LogP contribution < -0.4 is 10.6 Å². The van der Waals surface area contributed by atoms with Crippen molar-refractivity contribution in [2.24, 2.45) is 11.8 Å². The number of aliphatic hydroxyl groups is 1. The Bertz CT molecular complexity index is 786. The molecule has 0 aromatic carbocycles. The molecule has 9 nitrogen and oxygen atoms in total. The second-order valence-corrected chi connectivity index (χ2v) is 9.99. The molecule has 2 aliphatic rings. The number of carbonyl (C=O) groups is 4. The maximum atomic E-state index is 13.2. The van der Waals surface area contributed by atoms with Crippen LogP contribution in [0.4, 0.5) is 13.2 Å². The normalized spacial score (nSPS) is 24.1. The van der Waals surface area contributed by atoms with Gasteiger partial charge in [0.25, 0.3) is 5.91 Å². The van der Waals surface area contributed by atoms with Crippen molar-refractivity contribution < 1.29 is 42.2 Å². The zero-order valence-corrected chi connectivity index (χ0v) is 19.9. The Morgan fingerprint density at radius 3 is 2.44 bits per heavy atom. The number of hydrogen-bond acceptors (Lipinski definition) is 6. The fourth-order valence-electron chi connectivity index (χ4n) is 4.52. The maximum absolute atomic E-state index is 13.2. The van der Waals surface area contributed by atoms with Gasteiger partial charge in [0.2, 0.25) is 11.8 Å². The van der Waals surface area contributed by atoms with Gasteiger partial charge in [-0.25, -0.2) is 0 Å². The van der Waals surface area contributed by atoms with Crippen molar-refractivity contribution in [1.29, 1.82) is 0 Å². The number of nitrogens with one attached hydrogen (secondary N) is 2. The molecule has 3 N–H and O–H groups in total.